The summed E-state index contributed by atoms with van der Waals surface area (Å²) in [7, 11) is 1.81. The Balaban J connectivity index is 2.10. The Kier molecular flexibility index (Phi) is 6.34. The molecule has 1 aromatic carbocycles. The number of piperidine rings is 1. The van der Waals surface area contributed by atoms with Crippen molar-refractivity contribution >= 4 is 17.3 Å². The highest BCUT2D eigenvalue weighted by Gasteiger charge is 2.21. The number of rotatable bonds is 6. The number of methoxy groups -OCH3 is 1. The van der Waals surface area contributed by atoms with Gasteiger partial charge >= 0.3 is 0 Å². The molecule has 1 fully saturated rings. The first kappa shape index (κ1) is 16.6. The summed E-state index contributed by atoms with van der Waals surface area (Å²) in [5.41, 5.74) is 2.57. The minimum absolute atomic E-state index is 0.339. The molecule has 0 aromatic heterocycles. The number of nitrogens with one attached hydrogen (secondary N) is 1. The maximum atomic E-state index is 6.18. The van der Waals surface area contributed by atoms with Gasteiger partial charge in [-0.2, -0.15) is 0 Å². The van der Waals surface area contributed by atoms with E-state index in [4.69, 9.17) is 16.3 Å². The molecule has 21 heavy (non-hydrogen) atoms. The molecule has 1 atom stereocenters. The third-order valence-corrected chi connectivity index (χ3v) is 4.20. The zero-order valence-corrected chi connectivity index (χ0v) is 14.1. The SMILES string of the molecule is COC1CCCN(c2ccc(Cl)cc2CNCC(C)C)C1. The first-order valence-corrected chi connectivity index (χ1v) is 8.25. The normalized spacial score (nSPS) is 19.3. The molecule has 2 rings (SSSR count). The Bertz CT molecular complexity index is 450. The minimum atomic E-state index is 0.339. The monoisotopic (exact) mass is 310 g/mol. The summed E-state index contributed by atoms with van der Waals surface area (Å²) in [5, 5.41) is 4.32. The van der Waals surface area contributed by atoms with Crippen LogP contribution in [0, 0.1) is 5.92 Å². The molecule has 0 radical (unpaired) electrons. The van der Waals surface area contributed by atoms with Crippen molar-refractivity contribution in [2.24, 2.45) is 5.92 Å². The average molecular weight is 311 g/mol. The Labute approximate surface area is 133 Å². The van der Waals surface area contributed by atoms with Crippen molar-refractivity contribution in [1.82, 2.24) is 5.32 Å². The maximum Gasteiger partial charge on any atom is 0.0746 e. The van der Waals surface area contributed by atoms with Crippen LogP contribution in [0.2, 0.25) is 5.02 Å². The molecule has 1 unspecified atom stereocenters. The molecule has 1 aliphatic rings. The largest absolute Gasteiger partial charge is 0.380 e. The Morgan fingerprint density at radius 2 is 2.24 bits per heavy atom. The molecule has 118 valence electrons. The fourth-order valence-corrected chi connectivity index (χ4v) is 3.04. The van der Waals surface area contributed by atoms with Crippen LogP contribution in [0.3, 0.4) is 0 Å². The molecule has 1 N–H and O–H groups in total. The van der Waals surface area contributed by atoms with E-state index in [-0.39, 0.29) is 0 Å². The molecule has 0 amide bonds. The van der Waals surface area contributed by atoms with Gasteiger partial charge in [-0.05, 0) is 49.1 Å². The van der Waals surface area contributed by atoms with Gasteiger partial charge in [-0.15, -0.1) is 0 Å². The number of ether oxygens (including phenoxy) is 1. The van der Waals surface area contributed by atoms with Crippen molar-refractivity contribution in [3.8, 4) is 0 Å². The summed E-state index contributed by atoms with van der Waals surface area (Å²) in [5.74, 6) is 0.653. The van der Waals surface area contributed by atoms with E-state index < -0.39 is 0 Å². The molecule has 0 aliphatic carbocycles. The van der Waals surface area contributed by atoms with Gasteiger partial charge < -0.3 is 15.0 Å². The van der Waals surface area contributed by atoms with E-state index in [1.807, 2.05) is 6.07 Å². The number of anilines is 1. The fourth-order valence-electron chi connectivity index (χ4n) is 2.85. The number of hydrogen-bond acceptors (Lipinski definition) is 3. The first-order chi connectivity index (χ1) is 10.1. The number of halogens is 1. The van der Waals surface area contributed by atoms with Crippen LogP contribution in [-0.4, -0.2) is 32.8 Å². The van der Waals surface area contributed by atoms with Gasteiger partial charge in [0.1, 0.15) is 0 Å². The molecule has 1 saturated heterocycles. The van der Waals surface area contributed by atoms with E-state index in [0.29, 0.717) is 12.0 Å². The summed E-state index contributed by atoms with van der Waals surface area (Å²) in [6.07, 6.45) is 2.67. The minimum Gasteiger partial charge on any atom is -0.380 e. The van der Waals surface area contributed by atoms with Gasteiger partial charge in [-0.1, -0.05) is 25.4 Å². The molecular weight excluding hydrogens is 284 g/mol. The van der Waals surface area contributed by atoms with Gasteiger partial charge in [-0.25, -0.2) is 0 Å². The average Bonchev–Trinajstić information content (AvgIpc) is 2.47. The third-order valence-electron chi connectivity index (χ3n) is 3.96. The van der Waals surface area contributed by atoms with Crippen molar-refractivity contribution in [2.45, 2.75) is 39.3 Å². The zero-order valence-electron chi connectivity index (χ0n) is 13.4. The Morgan fingerprint density at radius 1 is 1.43 bits per heavy atom. The number of benzene rings is 1. The second-order valence-electron chi connectivity index (χ2n) is 6.24. The summed E-state index contributed by atoms with van der Waals surface area (Å²) in [6, 6.07) is 6.21. The predicted molar refractivity (Wildman–Crippen MR) is 90.2 cm³/mol. The summed E-state index contributed by atoms with van der Waals surface area (Å²) >= 11 is 6.18. The van der Waals surface area contributed by atoms with Crippen molar-refractivity contribution in [1.29, 1.82) is 0 Å². The topological polar surface area (TPSA) is 24.5 Å². The smallest absolute Gasteiger partial charge is 0.0746 e. The highest BCUT2D eigenvalue weighted by molar-refractivity contribution is 6.30. The zero-order chi connectivity index (χ0) is 15.2. The molecule has 0 saturated carbocycles. The van der Waals surface area contributed by atoms with Crippen LogP contribution >= 0.6 is 11.6 Å². The summed E-state index contributed by atoms with van der Waals surface area (Å²) in [4.78, 5) is 2.43. The molecule has 1 heterocycles. The molecular formula is C17H27ClN2O. The number of nitrogens with zero attached hydrogens (tertiary/aromatic N) is 1. The van der Waals surface area contributed by atoms with Gasteiger partial charge in [-0.3, -0.25) is 0 Å². The van der Waals surface area contributed by atoms with E-state index in [1.165, 1.54) is 17.7 Å². The second-order valence-corrected chi connectivity index (χ2v) is 6.68. The standard InChI is InChI=1S/C17H27ClN2O/c1-13(2)10-19-11-14-9-15(18)6-7-17(14)20-8-4-5-16(12-20)21-3/h6-7,9,13,16,19H,4-5,8,10-12H2,1-3H3. The van der Waals surface area contributed by atoms with Crippen LogP contribution in [0.1, 0.15) is 32.3 Å². The van der Waals surface area contributed by atoms with Gasteiger partial charge in [0.15, 0.2) is 0 Å². The summed E-state index contributed by atoms with van der Waals surface area (Å²) < 4.78 is 5.54. The van der Waals surface area contributed by atoms with Crippen molar-refractivity contribution in [3.63, 3.8) is 0 Å². The molecule has 1 aliphatic heterocycles. The van der Waals surface area contributed by atoms with E-state index in [2.05, 4.69) is 36.2 Å². The van der Waals surface area contributed by atoms with Crippen molar-refractivity contribution in [3.05, 3.63) is 28.8 Å². The fraction of sp³-hybridized carbons (Fsp3) is 0.647. The van der Waals surface area contributed by atoms with Crippen LogP contribution in [0.5, 0.6) is 0 Å². The van der Waals surface area contributed by atoms with Gasteiger partial charge in [0.25, 0.3) is 0 Å². The maximum absolute atomic E-state index is 6.18. The van der Waals surface area contributed by atoms with Gasteiger partial charge in [0, 0.05) is 37.5 Å². The van der Waals surface area contributed by atoms with Crippen LogP contribution in [-0.2, 0) is 11.3 Å². The summed E-state index contributed by atoms with van der Waals surface area (Å²) in [6.45, 7) is 8.39. The Morgan fingerprint density at radius 3 is 2.95 bits per heavy atom. The highest BCUT2D eigenvalue weighted by Crippen LogP contribution is 2.27. The van der Waals surface area contributed by atoms with Crippen LogP contribution in [0.15, 0.2) is 18.2 Å². The first-order valence-electron chi connectivity index (χ1n) is 7.87. The van der Waals surface area contributed by atoms with E-state index >= 15 is 0 Å². The number of hydrogen-bond donors (Lipinski definition) is 1. The quantitative estimate of drug-likeness (QED) is 0.867. The molecule has 4 heteroatoms. The van der Waals surface area contributed by atoms with Crippen LogP contribution in [0.25, 0.3) is 0 Å². The van der Waals surface area contributed by atoms with Gasteiger partial charge in [0.05, 0.1) is 6.10 Å². The van der Waals surface area contributed by atoms with Gasteiger partial charge in [0.2, 0.25) is 0 Å². The predicted octanol–water partition coefficient (Wildman–Crippen LogP) is 3.70. The lowest BCUT2D eigenvalue weighted by Crippen LogP contribution is -2.40. The van der Waals surface area contributed by atoms with Crippen LogP contribution < -0.4 is 10.2 Å². The molecule has 0 bridgehead atoms. The molecule has 0 spiro atoms. The third kappa shape index (κ3) is 4.87. The van der Waals surface area contributed by atoms with E-state index in [1.54, 1.807) is 7.11 Å². The van der Waals surface area contributed by atoms with Crippen molar-refractivity contribution < 1.29 is 4.74 Å². The second kappa shape index (κ2) is 8.02. The van der Waals surface area contributed by atoms with Crippen LogP contribution in [0.4, 0.5) is 5.69 Å². The highest BCUT2D eigenvalue weighted by atomic mass is 35.5. The molecule has 1 aromatic rings. The van der Waals surface area contributed by atoms with E-state index in [0.717, 1.165) is 37.6 Å². The van der Waals surface area contributed by atoms with Crippen molar-refractivity contribution in [2.75, 3.05) is 31.6 Å². The molecule has 3 nitrogen and oxygen atoms in total. The Hall–Kier alpha value is -0.770. The lowest BCUT2D eigenvalue weighted by atomic mass is 10.0. The van der Waals surface area contributed by atoms with E-state index in [9.17, 15) is 0 Å². The lowest BCUT2D eigenvalue weighted by Gasteiger charge is -2.35. The lowest BCUT2D eigenvalue weighted by molar-refractivity contribution is 0.0893.